The van der Waals surface area contributed by atoms with Gasteiger partial charge < -0.3 is 21.7 Å². The fourth-order valence-electron chi connectivity index (χ4n) is 0.246. The van der Waals surface area contributed by atoms with E-state index in [9.17, 15) is 9.59 Å². The highest BCUT2D eigenvalue weighted by atomic mass is 16.3. The average molecular weight is 208 g/mol. The van der Waals surface area contributed by atoms with Gasteiger partial charge in [0, 0.05) is 26.1 Å². The fraction of sp³-hybridized carbons (Fsp3) is 0.750. The number of rotatable bonds is 3. The smallest absolute Gasteiger partial charge is 0.217 e. The van der Waals surface area contributed by atoms with Crippen molar-refractivity contribution in [1.82, 2.24) is 0 Å². The molecule has 0 heterocycles. The molecule has 2 amide bonds. The van der Waals surface area contributed by atoms with Crippen molar-refractivity contribution in [3.63, 3.8) is 0 Å². The van der Waals surface area contributed by atoms with Gasteiger partial charge in [-0.05, 0) is 13.8 Å². The molecule has 0 atom stereocenters. The van der Waals surface area contributed by atoms with Crippen molar-refractivity contribution in [2.45, 2.75) is 26.7 Å². The van der Waals surface area contributed by atoms with Crippen molar-refractivity contribution in [3.8, 4) is 0 Å². The largest absolute Gasteiger partial charge is 0.397 e. The molecule has 0 saturated heterocycles. The Balaban J connectivity index is -0.000000168. The molecule has 6 N–H and O–H groups in total. The van der Waals surface area contributed by atoms with Gasteiger partial charge in [0.25, 0.3) is 0 Å². The van der Waals surface area contributed by atoms with E-state index in [1.807, 2.05) is 0 Å². The predicted octanol–water partition coefficient (Wildman–Crippen LogP) is -1.27. The molecule has 0 bridgehead atoms. The Morgan fingerprint density at radius 3 is 1.14 bits per heavy atom. The summed E-state index contributed by atoms with van der Waals surface area (Å²) in [5, 5.41) is 15.1. The third-order valence-corrected chi connectivity index (χ3v) is 0.618. The summed E-state index contributed by atoms with van der Waals surface area (Å²) in [6.45, 7) is 3.86. The molecular formula is C8H20N2O4. The first-order valence-electron chi connectivity index (χ1n) is 4.24. The van der Waals surface area contributed by atoms with Crippen molar-refractivity contribution in [2.75, 3.05) is 13.2 Å². The van der Waals surface area contributed by atoms with Crippen LogP contribution < -0.4 is 11.5 Å². The van der Waals surface area contributed by atoms with Crippen LogP contribution in [0.4, 0.5) is 0 Å². The highest BCUT2D eigenvalue weighted by Gasteiger charge is 1.96. The summed E-state index contributed by atoms with van der Waals surface area (Å²) in [6.07, 6.45) is 0.102. The number of hydrogen-bond donors (Lipinski definition) is 4. The summed E-state index contributed by atoms with van der Waals surface area (Å²) in [6, 6.07) is 0. The van der Waals surface area contributed by atoms with Crippen LogP contribution in [0.25, 0.3) is 0 Å². The van der Waals surface area contributed by atoms with Gasteiger partial charge in [0.05, 0.1) is 0 Å². The first-order valence-corrected chi connectivity index (χ1v) is 4.24. The zero-order valence-corrected chi connectivity index (χ0v) is 8.69. The molecule has 0 rings (SSSR count). The standard InChI is InChI=1S/C4H8N2O2.2C2H6O/c5-3(7)1-2-4(6)8;2*1-2-3/h1-2H2,(H2,5,7)(H2,6,8);2*3H,2H2,1H3. The van der Waals surface area contributed by atoms with E-state index in [1.165, 1.54) is 0 Å². The molecule has 0 spiro atoms. The van der Waals surface area contributed by atoms with E-state index < -0.39 is 11.8 Å². The van der Waals surface area contributed by atoms with E-state index in [1.54, 1.807) is 13.8 Å². The molecule has 0 aliphatic rings. The molecular weight excluding hydrogens is 188 g/mol. The molecule has 0 saturated carbocycles. The molecule has 0 aliphatic carbocycles. The van der Waals surface area contributed by atoms with Gasteiger partial charge in [-0.15, -0.1) is 0 Å². The molecule has 0 unspecified atom stereocenters. The van der Waals surface area contributed by atoms with E-state index in [0.717, 1.165) is 0 Å². The maximum absolute atomic E-state index is 9.92. The topological polar surface area (TPSA) is 127 Å². The number of carbonyl (C=O) groups excluding carboxylic acids is 2. The Morgan fingerprint density at radius 1 is 0.929 bits per heavy atom. The minimum atomic E-state index is -0.496. The fourth-order valence-corrected chi connectivity index (χ4v) is 0.246. The highest BCUT2D eigenvalue weighted by molar-refractivity contribution is 5.81. The Labute approximate surface area is 83.9 Å². The Bertz CT molecular complexity index is 123. The number of carbonyl (C=O) groups is 2. The summed E-state index contributed by atoms with van der Waals surface area (Å²) in [5.41, 5.74) is 9.39. The quantitative estimate of drug-likeness (QED) is 0.461. The Kier molecular flexibility index (Phi) is 23.7. The second-order valence-corrected chi connectivity index (χ2v) is 2.07. The number of primary amides is 2. The monoisotopic (exact) mass is 208 g/mol. The van der Waals surface area contributed by atoms with Crippen LogP contribution in [0.1, 0.15) is 26.7 Å². The lowest BCUT2D eigenvalue weighted by Crippen LogP contribution is -2.16. The minimum absolute atomic E-state index is 0.0509. The van der Waals surface area contributed by atoms with Crippen LogP contribution >= 0.6 is 0 Å². The molecule has 0 radical (unpaired) electrons. The van der Waals surface area contributed by atoms with E-state index >= 15 is 0 Å². The molecule has 0 fully saturated rings. The van der Waals surface area contributed by atoms with Crippen LogP contribution in [0.2, 0.25) is 0 Å². The molecule has 86 valence electrons. The van der Waals surface area contributed by atoms with Crippen molar-refractivity contribution in [3.05, 3.63) is 0 Å². The van der Waals surface area contributed by atoms with Gasteiger partial charge in [0.15, 0.2) is 0 Å². The molecule has 6 heteroatoms. The van der Waals surface area contributed by atoms with Crippen LogP contribution in [0.3, 0.4) is 0 Å². The SMILES string of the molecule is CCO.CCO.NC(=O)CCC(N)=O. The zero-order chi connectivity index (χ0) is 12.0. The molecule has 0 aromatic rings. The highest BCUT2D eigenvalue weighted by Crippen LogP contribution is 1.82. The lowest BCUT2D eigenvalue weighted by atomic mass is 10.3. The van der Waals surface area contributed by atoms with Crippen molar-refractivity contribution >= 4 is 11.8 Å². The summed E-state index contributed by atoms with van der Waals surface area (Å²) in [7, 11) is 0. The third-order valence-electron chi connectivity index (χ3n) is 0.618. The van der Waals surface area contributed by atoms with Gasteiger partial charge in [-0.3, -0.25) is 9.59 Å². The normalized spacial score (nSPS) is 7.43. The summed E-state index contributed by atoms with van der Waals surface area (Å²) in [5.74, 6) is -0.993. The van der Waals surface area contributed by atoms with Crippen molar-refractivity contribution < 1.29 is 19.8 Å². The number of amides is 2. The maximum atomic E-state index is 9.92. The number of nitrogens with two attached hydrogens (primary N) is 2. The van der Waals surface area contributed by atoms with Crippen LogP contribution in [0.15, 0.2) is 0 Å². The maximum Gasteiger partial charge on any atom is 0.217 e. The lowest BCUT2D eigenvalue weighted by Gasteiger charge is -1.87. The third kappa shape index (κ3) is 70.9. The lowest BCUT2D eigenvalue weighted by molar-refractivity contribution is -0.123. The van der Waals surface area contributed by atoms with E-state index in [2.05, 4.69) is 0 Å². The summed E-state index contributed by atoms with van der Waals surface area (Å²) in [4.78, 5) is 19.8. The van der Waals surface area contributed by atoms with Gasteiger partial charge in [-0.25, -0.2) is 0 Å². The van der Waals surface area contributed by atoms with Crippen LogP contribution in [-0.2, 0) is 9.59 Å². The van der Waals surface area contributed by atoms with Gasteiger partial charge >= 0.3 is 0 Å². The number of hydrogen-bond acceptors (Lipinski definition) is 4. The van der Waals surface area contributed by atoms with Gasteiger partial charge in [-0.1, -0.05) is 0 Å². The first kappa shape index (κ1) is 18.6. The first-order chi connectivity index (χ1) is 6.45. The Hall–Kier alpha value is -1.14. The molecule has 14 heavy (non-hydrogen) atoms. The van der Waals surface area contributed by atoms with E-state index in [4.69, 9.17) is 21.7 Å². The number of aliphatic hydroxyl groups is 2. The van der Waals surface area contributed by atoms with Crippen molar-refractivity contribution in [1.29, 1.82) is 0 Å². The molecule has 0 aromatic carbocycles. The van der Waals surface area contributed by atoms with Crippen LogP contribution in [-0.4, -0.2) is 35.2 Å². The molecule has 0 aromatic heterocycles. The second kappa shape index (κ2) is 17.8. The second-order valence-electron chi connectivity index (χ2n) is 2.07. The van der Waals surface area contributed by atoms with Crippen LogP contribution in [0.5, 0.6) is 0 Å². The van der Waals surface area contributed by atoms with Gasteiger partial charge in [-0.2, -0.15) is 0 Å². The average Bonchev–Trinajstić information content (AvgIpc) is 2.04. The molecule has 0 aliphatic heterocycles. The van der Waals surface area contributed by atoms with Gasteiger partial charge in [0.2, 0.25) is 11.8 Å². The van der Waals surface area contributed by atoms with E-state index in [0.29, 0.717) is 0 Å². The molecule has 6 nitrogen and oxygen atoms in total. The Morgan fingerprint density at radius 2 is 1.07 bits per heavy atom. The van der Waals surface area contributed by atoms with Crippen LogP contribution in [0, 0.1) is 0 Å². The zero-order valence-electron chi connectivity index (χ0n) is 8.69. The van der Waals surface area contributed by atoms with E-state index in [-0.39, 0.29) is 26.1 Å². The minimum Gasteiger partial charge on any atom is -0.397 e. The number of aliphatic hydroxyl groups excluding tert-OH is 2. The summed E-state index contributed by atoms with van der Waals surface area (Å²) < 4.78 is 0. The van der Waals surface area contributed by atoms with Crippen molar-refractivity contribution in [2.24, 2.45) is 11.5 Å². The summed E-state index contributed by atoms with van der Waals surface area (Å²) >= 11 is 0. The predicted molar refractivity (Wildman–Crippen MR) is 53.1 cm³/mol. The van der Waals surface area contributed by atoms with Gasteiger partial charge in [0.1, 0.15) is 0 Å².